The molecule has 5 nitrogen and oxygen atoms in total. The van der Waals surface area contributed by atoms with E-state index in [0.717, 1.165) is 9.87 Å². The molecule has 0 radical (unpaired) electrons. The molecule has 16 heavy (non-hydrogen) atoms. The fourth-order valence-electron chi connectivity index (χ4n) is 1.66. The highest BCUT2D eigenvalue weighted by molar-refractivity contribution is 7.89. The average Bonchev–Trinajstić information content (AvgIpc) is 2.60. The molecule has 86 valence electrons. The minimum Gasteiger partial charge on any atom is -0.348 e. The minimum atomic E-state index is -3.56. The first-order valence-corrected chi connectivity index (χ1v) is 6.21. The Morgan fingerprint density at radius 3 is 2.62 bits per heavy atom. The van der Waals surface area contributed by atoms with E-state index in [1.807, 2.05) is 0 Å². The second-order valence-electron chi connectivity index (χ2n) is 3.76. The predicted molar refractivity (Wildman–Crippen MR) is 58.5 cm³/mol. The Bertz CT molecular complexity index is 549. The molecule has 0 saturated carbocycles. The van der Waals surface area contributed by atoms with Crippen molar-refractivity contribution in [2.75, 3.05) is 14.1 Å². The summed E-state index contributed by atoms with van der Waals surface area (Å²) in [5.74, 6) is -0.323. The number of nitrogens with one attached hydrogen (secondary N) is 1. The number of carbonyl (C=O) groups is 1. The molecule has 0 aromatic heterocycles. The van der Waals surface area contributed by atoms with Crippen molar-refractivity contribution < 1.29 is 13.2 Å². The molecule has 1 aliphatic heterocycles. The standard InChI is InChI=1S/C10H12N2O3S/c1-12(2)16(14,15)8-5-3-4-7-6-11-10(13)9(7)8/h3-5H,6H2,1-2H3,(H,11,13). The Morgan fingerprint density at radius 2 is 2.00 bits per heavy atom. The van der Waals surface area contributed by atoms with Gasteiger partial charge in [-0.05, 0) is 11.6 Å². The van der Waals surface area contributed by atoms with Gasteiger partial charge in [0.15, 0.2) is 0 Å². The van der Waals surface area contributed by atoms with Gasteiger partial charge in [0.2, 0.25) is 10.0 Å². The molecule has 1 N–H and O–H groups in total. The second kappa shape index (κ2) is 3.57. The Labute approximate surface area is 94.1 Å². The molecule has 0 spiro atoms. The fraction of sp³-hybridized carbons (Fsp3) is 0.300. The SMILES string of the molecule is CN(C)S(=O)(=O)c1cccc2c1C(=O)NC2. The van der Waals surface area contributed by atoms with E-state index in [1.165, 1.54) is 20.2 Å². The monoisotopic (exact) mass is 240 g/mol. The van der Waals surface area contributed by atoms with E-state index in [9.17, 15) is 13.2 Å². The molecule has 0 atom stereocenters. The maximum atomic E-state index is 12.0. The van der Waals surface area contributed by atoms with Crippen molar-refractivity contribution in [2.45, 2.75) is 11.4 Å². The van der Waals surface area contributed by atoms with E-state index in [0.29, 0.717) is 6.54 Å². The first-order chi connectivity index (χ1) is 7.44. The summed E-state index contributed by atoms with van der Waals surface area (Å²) in [5.41, 5.74) is 1.00. The molecule has 1 heterocycles. The molecule has 0 fully saturated rings. The summed E-state index contributed by atoms with van der Waals surface area (Å²) < 4.78 is 25.1. The van der Waals surface area contributed by atoms with Crippen LogP contribution in [0, 0.1) is 0 Å². The summed E-state index contributed by atoms with van der Waals surface area (Å²) in [5, 5.41) is 2.61. The normalized spacial score (nSPS) is 15.1. The smallest absolute Gasteiger partial charge is 0.253 e. The first-order valence-electron chi connectivity index (χ1n) is 4.77. The predicted octanol–water partition coefficient (Wildman–Crippen LogP) is 0.180. The maximum Gasteiger partial charge on any atom is 0.253 e. The van der Waals surface area contributed by atoms with Crippen molar-refractivity contribution in [2.24, 2.45) is 0 Å². The van der Waals surface area contributed by atoms with Crippen molar-refractivity contribution in [1.82, 2.24) is 9.62 Å². The molecule has 1 amide bonds. The number of carbonyl (C=O) groups excluding carboxylic acids is 1. The van der Waals surface area contributed by atoms with Gasteiger partial charge in [-0.3, -0.25) is 4.79 Å². The Kier molecular flexibility index (Phi) is 2.47. The van der Waals surface area contributed by atoms with Crippen molar-refractivity contribution >= 4 is 15.9 Å². The van der Waals surface area contributed by atoms with Gasteiger partial charge >= 0.3 is 0 Å². The van der Waals surface area contributed by atoms with Gasteiger partial charge in [0, 0.05) is 20.6 Å². The van der Waals surface area contributed by atoms with Crippen molar-refractivity contribution in [3.05, 3.63) is 29.3 Å². The van der Waals surface area contributed by atoms with E-state index in [2.05, 4.69) is 5.32 Å². The summed E-state index contributed by atoms with van der Waals surface area (Å²) in [4.78, 5) is 11.6. The van der Waals surface area contributed by atoms with Crippen LogP contribution in [-0.2, 0) is 16.6 Å². The third kappa shape index (κ3) is 1.50. The summed E-state index contributed by atoms with van der Waals surface area (Å²) in [7, 11) is -0.671. The molecular weight excluding hydrogens is 228 g/mol. The zero-order chi connectivity index (χ0) is 11.9. The lowest BCUT2D eigenvalue weighted by Gasteiger charge is -2.13. The molecule has 6 heteroatoms. The summed E-state index contributed by atoms with van der Waals surface area (Å²) in [6.45, 7) is 0.394. The van der Waals surface area contributed by atoms with Crippen LogP contribution < -0.4 is 5.32 Å². The van der Waals surface area contributed by atoms with Crippen LogP contribution >= 0.6 is 0 Å². The van der Waals surface area contributed by atoms with Crippen LogP contribution in [0.1, 0.15) is 15.9 Å². The Hall–Kier alpha value is -1.40. The van der Waals surface area contributed by atoms with Crippen molar-refractivity contribution in [3.8, 4) is 0 Å². The quantitative estimate of drug-likeness (QED) is 0.802. The summed E-state index contributed by atoms with van der Waals surface area (Å²) in [6, 6.07) is 4.86. The van der Waals surface area contributed by atoms with Crippen LogP contribution in [0.15, 0.2) is 23.1 Å². The van der Waals surface area contributed by atoms with Crippen LogP contribution in [0.25, 0.3) is 0 Å². The van der Waals surface area contributed by atoms with Crippen LogP contribution in [0.5, 0.6) is 0 Å². The lowest BCUT2D eigenvalue weighted by molar-refractivity contribution is 0.0963. The molecule has 1 aromatic carbocycles. The second-order valence-corrected chi connectivity index (χ2v) is 5.88. The van der Waals surface area contributed by atoms with E-state index in [4.69, 9.17) is 0 Å². The van der Waals surface area contributed by atoms with E-state index in [1.54, 1.807) is 12.1 Å². The van der Waals surface area contributed by atoms with E-state index in [-0.39, 0.29) is 16.4 Å². The van der Waals surface area contributed by atoms with Crippen LogP contribution in [0.4, 0.5) is 0 Å². The summed E-state index contributed by atoms with van der Waals surface area (Å²) >= 11 is 0. The third-order valence-electron chi connectivity index (χ3n) is 2.54. The number of sulfonamides is 1. The van der Waals surface area contributed by atoms with Crippen LogP contribution in [0.2, 0.25) is 0 Å². The van der Waals surface area contributed by atoms with E-state index >= 15 is 0 Å². The molecule has 0 saturated heterocycles. The Balaban J connectivity index is 2.69. The summed E-state index contributed by atoms with van der Waals surface area (Å²) in [6.07, 6.45) is 0. The lowest BCUT2D eigenvalue weighted by atomic mass is 10.1. The molecule has 1 aliphatic rings. The Morgan fingerprint density at radius 1 is 1.31 bits per heavy atom. The van der Waals surface area contributed by atoms with Gasteiger partial charge in [-0.2, -0.15) is 0 Å². The number of benzene rings is 1. The third-order valence-corrected chi connectivity index (χ3v) is 4.40. The minimum absolute atomic E-state index is 0.0741. The van der Waals surface area contributed by atoms with Crippen LogP contribution in [-0.4, -0.2) is 32.7 Å². The van der Waals surface area contributed by atoms with E-state index < -0.39 is 10.0 Å². The van der Waals surface area contributed by atoms with Gasteiger partial charge in [-0.1, -0.05) is 12.1 Å². The molecule has 0 bridgehead atoms. The highest BCUT2D eigenvalue weighted by atomic mass is 32.2. The molecule has 1 aromatic rings. The topological polar surface area (TPSA) is 66.5 Å². The first kappa shape index (κ1) is 11.1. The number of hydrogen-bond acceptors (Lipinski definition) is 3. The fourth-order valence-corrected chi connectivity index (χ4v) is 2.78. The zero-order valence-electron chi connectivity index (χ0n) is 9.02. The van der Waals surface area contributed by atoms with Gasteiger partial charge in [0.05, 0.1) is 10.5 Å². The van der Waals surface area contributed by atoms with Crippen molar-refractivity contribution in [1.29, 1.82) is 0 Å². The highest BCUT2D eigenvalue weighted by Crippen LogP contribution is 2.25. The van der Waals surface area contributed by atoms with Gasteiger partial charge in [0.1, 0.15) is 0 Å². The number of fused-ring (bicyclic) bond motifs is 1. The zero-order valence-corrected chi connectivity index (χ0v) is 9.84. The van der Waals surface area contributed by atoms with Gasteiger partial charge in [0.25, 0.3) is 5.91 Å². The largest absolute Gasteiger partial charge is 0.348 e. The average molecular weight is 240 g/mol. The van der Waals surface area contributed by atoms with Crippen LogP contribution in [0.3, 0.4) is 0 Å². The lowest BCUT2D eigenvalue weighted by Crippen LogP contribution is -2.25. The van der Waals surface area contributed by atoms with Gasteiger partial charge in [-0.25, -0.2) is 12.7 Å². The van der Waals surface area contributed by atoms with Gasteiger partial charge < -0.3 is 5.32 Å². The molecule has 0 unspecified atom stereocenters. The number of nitrogens with zero attached hydrogens (tertiary/aromatic N) is 1. The number of amides is 1. The maximum absolute atomic E-state index is 12.0. The number of rotatable bonds is 2. The van der Waals surface area contributed by atoms with Gasteiger partial charge in [-0.15, -0.1) is 0 Å². The molecule has 0 aliphatic carbocycles. The molecular formula is C10H12N2O3S. The van der Waals surface area contributed by atoms with Crippen molar-refractivity contribution in [3.63, 3.8) is 0 Å². The highest BCUT2D eigenvalue weighted by Gasteiger charge is 2.29. The number of hydrogen-bond donors (Lipinski definition) is 1. The molecule has 2 rings (SSSR count).